The van der Waals surface area contributed by atoms with Crippen LogP contribution in [0.1, 0.15) is 13.8 Å². The minimum Gasteiger partial charge on any atom is -0.193 e. The fourth-order valence-electron chi connectivity index (χ4n) is 0.755. The van der Waals surface area contributed by atoms with Gasteiger partial charge in [0.1, 0.15) is 0 Å². The fraction of sp³-hybridized carbons (Fsp3) is 0.300. The summed E-state index contributed by atoms with van der Waals surface area (Å²) in [5.41, 5.74) is -1.24. The first-order valence-corrected chi connectivity index (χ1v) is 3.91. The van der Waals surface area contributed by atoms with Gasteiger partial charge in [-0.05, 0) is 19.9 Å². The fourth-order valence-corrected chi connectivity index (χ4v) is 0.755. The van der Waals surface area contributed by atoms with Gasteiger partial charge in [0, 0.05) is 5.57 Å². The Kier molecular flexibility index (Phi) is 4.71. The quantitative estimate of drug-likeness (QED) is 0.495. The van der Waals surface area contributed by atoms with Crippen molar-refractivity contribution >= 4 is 0 Å². The van der Waals surface area contributed by atoms with Crippen molar-refractivity contribution in [3.05, 3.63) is 35.5 Å². The van der Waals surface area contributed by atoms with E-state index in [-0.39, 0.29) is 5.57 Å². The van der Waals surface area contributed by atoms with Crippen LogP contribution in [-0.2, 0) is 0 Å². The third-order valence-electron chi connectivity index (χ3n) is 1.44. The van der Waals surface area contributed by atoms with Gasteiger partial charge in [0.25, 0.3) is 0 Å². The minimum atomic E-state index is -4.47. The molecule has 0 aliphatic heterocycles. The van der Waals surface area contributed by atoms with Crippen LogP contribution in [0.5, 0.6) is 0 Å². The van der Waals surface area contributed by atoms with Crippen molar-refractivity contribution in [2.24, 2.45) is 0 Å². The lowest BCUT2D eigenvalue weighted by Crippen LogP contribution is -2.11. The van der Waals surface area contributed by atoms with Crippen molar-refractivity contribution in [1.29, 1.82) is 5.26 Å². The Morgan fingerprint density at radius 1 is 1.29 bits per heavy atom. The Morgan fingerprint density at radius 3 is 2.21 bits per heavy atom. The first-order valence-electron chi connectivity index (χ1n) is 3.91. The van der Waals surface area contributed by atoms with Crippen LogP contribution in [0.4, 0.5) is 13.2 Å². The van der Waals surface area contributed by atoms with Crippen molar-refractivity contribution in [1.82, 2.24) is 0 Å². The summed E-state index contributed by atoms with van der Waals surface area (Å²) in [6, 6.07) is 1.48. The number of nitrogens with zero attached hydrogens (tertiary/aromatic N) is 1. The number of alkyl halides is 3. The standard InChI is InChI=1S/C10H10F3N/c1-3-4-5-6-9(8(2)7-14)10(11,12)13/h3-6H,1-2H3/b4-3-,6-5-,9-8-. The third-order valence-corrected chi connectivity index (χ3v) is 1.44. The number of hydrogen-bond donors (Lipinski definition) is 0. The molecular formula is C10H10F3N. The van der Waals surface area contributed by atoms with E-state index >= 15 is 0 Å². The normalized spacial score (nSPS) is 14.6. The van der Waals surface area contributed by atoms with Gasteiger partial charge in [-0.15, -0.1) is 0 Å². The molecule has 0 bridgehead atoms. The van der Waals surface area contributed by atoms with Gasteiger partial charge >= 0.3 is 6.18 Å². The number of hydrogen-bond acceptors (Lipinski definition) is 1. The van der Waals surface area contributed by atoms with E-state index < -0.39 is 11.7 Å². The van der Waals surface area contributed by atoms with E-state index in [1.165, 1.54) is 18.2 Å². The molecule has 0 N–H and O–H groups in total. The molecule has 0 aliphatic rings. The second-order valence-electron chi connectivity index (χ2n) is 2.53. The van der Waals surface area contributed by atoms with Crippen LogP contribution in [0.3, 0.4) is 0 Å². The van der Waals surface area contributed by atoms with Crippen LogP contribution < -0.4 is 0 Å². The number of rotatable bonds is 2. The predicted molar refractivity (Wildman–Crippen MR) is 48.3 cm³/mol. The maximum absolute atomic E-state index is 12.3. The molecule has 0 aromatic heterocycles. The summed E-state index contributed by atoms with van der Waals surface area (Å²) in [6.07, 6.45) is 0.739. The molecule has 0 aromatic carbocycles. The lowest BCUT2D eigenvalue weighted by molar-refractivity contribution is -0.0887. The molecule has 1 nitrogen and oxygen atoms in total. The van der Waals surface area contributed by atoms with Gasteiger partial charge in [0.05, 0.1) is 11.6 Å². The van der Waals surface area contributed by atoms with E-state index in [1.54, 1.807) is 13.0 Å². The molecule has 0 aromatic rings. The highest BCUT2D eigenvalue weighted by Crippen LogP contribution is 2.28. The Hall–Kier alpha value is -1.50. The van der Waals surface area contributed by atoms with Gasteiger partial charge in [-0.1, -0.05) is 18.2 Å². The number of halogens is 3. The first kappa shape index (κ1) is 12.5. The number of nitriles is 1. The smallest absolute Gasteiger partial charge is 0.193 e. The van der Waals surface area contributed by atoms with E-state index in [1.807, 2.05) is 0 Å². The molecule has 4 heteroatoms. The van der Waals surface area contributed by atoms with E-state index in [4.69, 9.17) is 5.26 Å². The Morgan fingerprint density at radius 2 is 1.86 bits per heavy atom. The summed E-state index contributed by atoms with van der Waals surface area (Å²) in [4.78, 5) is 0. The van der Waals surface area contributed by atoms with Gasteiger partial charge in [-0.25, -0.2) is 0 Å². The molecule has 76 valence electrons. The van der Waals surface area contributed by atoms with Crippen molar-refractivity contribution in [2.75, 3.05) is 0 Å². The Labute approximate surface area is 80.8 Å². The molecule has 14 heavy (non-hydrogen) atoms. The summed E-state index contributed by atoms with van der Waals surface area (Å²) >= 11 is 0. The molecule has 0 radical (unpaired) electrons. The summed E-state index contributed by atoms with van der Waals surface area (Å²) in [5, 5.41) is 8.37. The minimum absolute atomic E-state index is 0.335. The summed E-state index contributed by atoms with van der Waals surface area (Å²) < 4.78 is 36.9. The molecule has 0 atom stereocenters. The van der Waals surface area contributed by atoms with Crippen LogP contribution in [-0.4, -0.2) is 6.18 Å². The van der Waals surface area contributed by atoms with E-state index in [0.29, 0.717) is 0 Å². The van der Waals surface area contributed by atoms with Crippen molar-refractivity contribution < 1.29 is 13.2 Å². The second kappa shape index (κ2) is 5.28. The Bertz CT molecular complexity index is 313. The molecule has 0 fully saturated rings. The molecule has 0 saturated heterocycles. The highest BCUT2D eigenvalue weighted by atomic mass is 19.4. The summed E-state index contributed by atoms with van der Waals surface area (Å²) in [7, 11) is 0. The highest BCUT2D eigenvalue weighted by molar-refractivity contribution is 5.37. The average Bonchev–Trinajstić information content (AvgIpc) is 2.09. The van der Waals surface area contributed by atoms with Crippen LogP contribution >= 0.6 is 0 Å². The lowest BCUT2D eigenvalue weighted by atomic mass is 10.1. The van der Waals surface area contributed by atoms with E-state index in [9.17, 15) is 13.2 Å². The zero-order valence-corrected chi connectivity index (χ0v) is 7.89. The molecule has 0 amide bonds. The van der Waals surface area contributed by atoms with Crippen molar-refractivity contribution in [3.63, 3.8) is 0 Å². The summed E-state index contributed by atoms with van der Waals surface area (Å²) in [5.74, 6) is 0. The average molecular weight is 201 g/mol. The SMILES string of the molecule is C\C=C/C=C\C(=C(/C)C#N)C(F)(F)F. The number of allylic oxidation sites excluding steroid dienone is 6. The van der Waals surface area contributed by atoms with Gasteiger partial charge < -0.3 is 0 Å². The molecule has 0 rings (SSSR count). The van der Waals surface area contributed by atoms with Gasteiger partial charge in [-0.2, -0.15) is 18.4 Å². The highest BCUT2D eigenvalue weighted by Gasteiger charge is 2.33. The maximum atomic E-state index is 12.3. The van der Waals surface area contributed by atoms with Gasteiger partial charge in [0.2, 0.25) is 0 Å². The Balaban J connectivity index is 5.08. The molecule has 0 aliphatic carbocycles. The van der Waals surface area contributed by atoms with Crippen LogP contribution in [0.25, 0.3) is 0 Å². The van der Waals surface area contributed by atoms with Crippen LogP contribution in [0.15, 0.2) is 35.5 Å². The lowest BCUT2D eigenvalue weighted by Gasteiger charge is -2.07. The van der Waals surface area contributed by atoms with Gasteiger partial charge in [0.15, 0.2) is 0 Å². The van der Waals surface area contributed by atoms with Gasteiger partial charge in [-0.3, -0.25) is 0 Å². The van der Waals surface area contributed by atoms with Crippen molar-refractivity contribution in [3.8, 4) is 6.07 Å². The van der Waals surface area contributed by atoms with Crippen molar-refractivity contribution in [2.45, 2.75) is 20.0 Å². The molecule has 0 spiro atoms. The summed E-state index contributed by atoms with van der Waals surface area (Å²) in [6.45, 7) is 2.83. The largest absolute Gasteiger partial charge is 0.417 e. The molecule has 0 heterocycles. The third kappa shape index (κ3) is 3.94. The molecule has 0 unspecified atom stereocenters. The maximum Gasteiger partial charge on any atom is 0.417 e. The van der Waals surface area contributed by atoms with E-state index in [0.717, 1.165) is 13.0 Å². The second-order valence-corrected chi connectivity index (χ2v) is 2.53. The zero-order chi connectivity index (χ0) is 11.2. The molecular weight excluding hydrogens is 191 g/mol. The first-order chi connectivity index (χ1) is 6.43. The monoisotopic (exact) mass is 201 g/mol. The predicted octanol–water partition coefficient (Wildman–Crippen LogP) is 3.52. The molecule has 0 saturated carbocycles. The van der Waals surface area contributed by atoms with Crippen LogP contribution in [0.2, 0.25) is 0 Å². The van der Waals surface area contributed by atoms with Crippen LogP contribution in [0, 0.1) is 11.3 Å². The van der Waals surface area contributed by atoms with E-state index in [2.05, 4.69) is 0 Å². The topological polar surface area (TPSA) is 23.8 Å². The zero-order valence-electron chi connectivity index (χ0n) is 7.89.